The van der Waals surface area contributed by atoms with Crippen molar-refractivity contribution in [3.8, 4) is 39.7 Å². The smallest absolute Gasteiger partial charge is 0.195 e. The second-order valence-electron chi connectivity index (χ2n) is 13.2. The van der Waals surface area contributed by atoms with Crippen molar-refractivity contribution in [2.75, 3.05) is 0 Å². The number of aryl methyl sites for hydroxylation is 2. The van der Waals surface area contributed by atoms with Crippen LogP contribution in [-0.2, 0) is 18.3 Å². The van der Waals surface area contributed by atoms with Gasteiger partial charge in [-0.05, 0) is 110 Å². The van der Waals surface area contributed by atoms with Crippen molar-refractivity contribution in [3.63, 3.8) is 0 Å². The minimum absolute atomic E-state index is 0.478. The van der Waals surface area contributed by atoms with Crippen molar-refractivity contribution in [1.82, 2.24) is 19.6 Å². The Balaban J connectivity index is 1.25. The second-order valence-corrected chi connectivity index (χ2v) is 13.2. The van der Waals surface area contributed by atoms with Gasteiger partial charge in [0.1, 0.15) is 0 Å². The largest absolute Gasteiger partial charge is 0.241 e. The fourth-order valence-corrected chi connectivity index (χ4v) is 6.20. The van der Waals surface area contributed by atoms with E-state index in [1.165, 1.54) is 36.8 Å². The zero-order valence-corrected chi connectivity index (χ0v) is 28.8. The predicted octanol–water partition coefficient (Wildman–Crippen LogP) is 10.8. The van der Waals surface area contributed by atoms with E-state index in [9.17, 15) is 5.26 Å². The van der Waals surface area contributed by atoms with E-state index in [1.54, 1.807) is 0 Å². The molecule has 0 spiro atoms. The molecule has 49 heavy (non-hydrogen) atoms. The molecule has 0 unspecified atom stereocenters. The van der Waals surface area contributed by atoms with E-state index in [2.05, 4.69) is 87.1 Å². The normalized spacial score (nSPS) is 11.3. The van der Waals surface area contributed by atoms with Crippen LogP contribution in [0, 0.1) is 17.9 Å². The van der Waals surface area contributed by atoms with Gasteiger partial charge in [0.2, 0.25) is 0 Å². The van der Waals surface area contributed by atoms with Crippen LogP contribution in [-0.4, -0.2) is 19.6 Å². The first kappa shape index (κ1) is 33.2. The highest BCUT2D eigenvalue weighted by atomic mass is 15.3. The summed E-state index contributed by atoms with van der Waals surface area (Å²) in [5.41, 5.74) is 10.8. The Morgan fingerprint density at radius 3 is 1.65 bits per heavy atom. The number of unbranched alkanes of at least 4 members (excludes halogenated alkanes) is 2. The van der Waals surface area contributed by atoms with Crippen LogP contribution in [0.3, 0.4) is 0 Å². The Bertz CT molecular complexity index is 1980. The van der Waals surface area contributed by atoms with Crippen molar-refractivity contribution >= 4 is 5.69 Å². The molecule has 6 rings (SSSR count). The molecule has 6 heteroatoms. The summed E-state index contributed by atoms with van der Waals surface area (Å²) in [7, 11) is 0. The molecular formula is C43H42N6. The molecule has 0 fully saturated rings. The van der Waals surface area contributed by atoms with Crippen molar-refractivity contribution in [2.24, 2.45) is 0 Å². The summed E-state index contributed by atoms with van der Waals surface area (Å²) in [5, 5.41) is 19.9. The highest BCUT2D eigenvalue weighted by molar-refractivity contribution is 5.80. The highest BCUT2D eigenvalue weighted by Crippen LogP contribution is 2.35. The number of aromatic nitrogens is 4. The Labute approximate surface area is 290 Å². The number of hydrogen-bond donors (Lipinski definition) is 0. The maximum Gasteiger partial charge on any atom is 0.195 e. The first-order valence-corrected chi connectivity index (χ1v) is 17.2. The third-order valence-corrected chi connectivity index (χ3v) is 9.38. The molecule has 0 saturated carbocycles. The van der Waals surface area contributed by atoms with Crippen LogP contribution in [0.5, 0.6) is 0 Å². The van der Waals surface area contributed by atoms with Gasteiger partial charge in [-0.1, -0.05) is 81.3 Å². The molecule has 0 radical (unpaired) electrons. The van der Waals surface area contributed by atoms with Gasteiger partial charge in [0.15, 0.2) is 5.69 Å². The Hall–Kier alpha value is -5.72. The lowest BCUT2D eigenvalue weighted by Crippen LogP contribution is -2.21. The second kappa shape index (κ2) is 14.6. The van der Waals surface area contributed by atoms with Gasteiger partial charge in [-0.15, -0.1) is 0 Å². The molecule has 0 N–H and O–H groups in total. The molecule has 6 nitrogen and oxygen atoms in total. The summed E-state index contributed by atoms with van der Waals surface area (Å²) in [6, 6.07) is 35.3. The molecule has 0 saturated heterocycles. The molecule has 6 aromatic rings. The summed E-state index contributed by atoms with van der Waals surface area (Å²) >= 11 is 0. The van der Waals surface area contributed by atoms with Gasteiger partial charge in [-0.25, -0.2) is 14.2 Å². The van der Waals surface area contributed by atoms with Crippen molar-refractivity contribution in [3.05, 3.63) is 149 Å². The summed E-state index contributed by atoms with van der Waals surface area (Å²) in [4.78, 5) is 3.80. The van der Waals surface area contributed by atoms with E-state index >= 15 is 0 Å². The summed E-state index contributed by atoms with van der Waals surface area (Å²) in [5.74, 6) is 0. The van der Waals surface area contributed by atoms with Crippen molar-refractivity contribution in [1.29, 1.82) is 5.26 Å². The van der Waals surface area contributed by atoms with Crippen LogP contribution in [0.4, 0.5) is 5.69 Å². The zero-order valence-electron chi connectivity index (χ0n) is 28.8. The number of hydrogen-bond acceptors (Lipinski definition) is 3. The maximum absolute atomic E-state index is 9.87. The minimum Gasteiger partial charge on any atom is -0.241 e. The van der Waals surface area contributed by atoms with Crippen molar-refractivity contribution in [2.45, 2.75) is 71.6 Å². The molecule has 0 amide bonds. The maximum atomic E-state index is 9.87. The van der Waals surface area contributed by atoms with E-state index in [1.807, 2.05) is 70.3 Å². The average molecular weight is 643 g/mol. The fourth-order valence-electron chi connectivity index (χ4n) is 6.20. The predicted molar refractivity (Wildman–Crippen MR) is 198 cm³/mol. The molecule has 0 atom stereocenters. The summed E-state index contributed by atoms with van der Waals surface area (Å²) in [6.07, 6.45) is 10.7. The molecule has 0 aliphatic carbocycles. The first-order valence-electron chi connectivity index (χ1n) is 17.2. The summed E-state index contributed by atoms with van der Waals surface area (Å²) in [6.45, 7) is 16.4. The SMILES string of the molecule is [C-]#[N+]c1ccc(-n2ccc(C(C)(C)c3ccn(-c4ccc(C#N)c(-c5ccc(CCCC)cc5)c4)n3)n2)cc1-c1ccc(CCCC)cc1. The van der Waals surface area contributed by atoms with E-state index in [-0.39, 0.29) is 0 Å². The lowest BCUT2D eigenvalue weighted by atomic mass is 9.86. The minimum atomic E-state index is -0.478. The van der Waals surface area contributed by atoms with Gasteiger partial charge < -0.3 is 0 Å². The van der Waals surface area contributed by atoms with E-state index in [4.69, 9.17) is 16.8 Å². The topological polar surface area (TPSA) is 63.8 Å². The lowest BCUT2D eigenvalue weighted by Gasteiger charge is -2.20. The molecule has 0 aliphatic rings. The van der Waals surface area contributed by atoms with Crippen LogP contribution >= 0.6 is 0 Å². The number of nitriles is 1. The molecule has 2 aromatic heterocycles. The Kier molecular flexibility index (Phi) is 9.88. The van der Waals surface area contributed by atoms with Gasteiger partial charge >= 0.3 is 0 Å². The third kappa shape index (κ3) is 7.10. The van der Waals surface area contributed by atoms with Crippen molar-refractivity contribution < 1.29 is 0 Å². The summed E-state index contributed by atoms with van der Waals surface area (Å²) < 4.78 is 3.75. The monoisotopic (exact) mass is 642 g/mol. The van der Waals surface area contributed by atoms with Gasteiger partial charge in [0.25, 0.3) is 0 Å². The third-order valence-electron chi connectivity index (χ3n) is 9.38. The molecule has 0 bridgehead atoms. The lowest BCUT2D eigenvalue weighted by molar-refractivity contribution is 0.576. The molecule has 0 aliphatic heterocycles. The first-order chi connectivity index (χ1) is 23.8. The van der Waals surface area contributed by atoms with Gasteiger partial charge in [-0.2, -0.15) is 15.5 Å². The molecule has 4 aromatic carbocycles. The van der Waals surface area contributed by atoms with Gasteiger partial charge in [0, 0.05) is 18.0 Å². The standard InChI is InChI=1S/C43H42N6/c1-6-8-10-31-12-16-33(17-13-31)38-28-36(21-20-35(38)30-44)48-26-24-41(46-48)43(3,4)42-25-27-49(47-42)37-22-23-40(45-5)39(29-37)34-18-14-32(15-19-34)11-9-7-2/h12-29H,6-11H2,1-4H3. The Morgan fingerprint density at radius 2 is 1.16 bits per heavy atom. The zero-order chi connectivity index (χ0) is 34.4. The van der Waals surface area contributed by atoms with Crippen LogP contribution < -0.4 is 0 Å². The van der Waals surface area contributed by atoms with Crippen LogP contribution in [0.2, 0.25) is 0 Å². The fraction of sp³-hybridized carbons (Fsp3) is 0.256. The van der Waals surface area contributed by atoms with Crippen LogP contribution in [0.25, 0.3) is 38.5 Å². The van der Waals surface area contributed by atoms with E-state index in [0.29, 0.717) is 11.3 Å². The van der Waals surface area contributed by atoms with Gasteiger partial charge in [0.05, 0.1) is 46.4 Å². The van der Waals surface area contributed by atoms with E-state index in [0.717, 1.165) is 57.9 Å². The average Bonchev–Trinajstić information content (AvgIpc) is 3.86. The number of nitrogens with zero attached hydrogens (tertiary/aromatic N) is 6. The molecule has 244 valence electrons. The quantitative estimate of drug-likeness (QED) is 0.125. The molecule has 2 heterocycles. The van der Waals surface area contributed by atoms with Gasteiger partial charge in [-0.3, -0.25) is 0 Å². The Morgan fingerprint density at radius 1 is 0.673 bits per heavy atom. The van der Waals surface area contributed by atoms with Crippen LogP contribution in [0.15, 0.2) is 109 Å². The van der Waals surface area contributed by atoms with Crippen LogP contribution in [0.1, 0.15) is 81.5 Å². The molecular weight excluding hydrogens is 601 g/mol. The highest BCUT2D eigenvalue weighted by Gasteiger charge is 2.29. The van der Waals surface area contributed by atoms with E-state index < -0.39 is 5.41 Å². The number of benzene rings is 4. The number of rotatable bonds is 12.